The van der Waals surface area contributed by atoms with E-state index in [4.69, 9.17) is 0 Å². The molecule has 1 aromatic heterocycles. The number of aliphatic hydroxyl groups excluding tert-OH is 2. The molecule has 3 rings (SSSR count). The summed E-state index contributed by atoms with van der Waals surface area (Å²) in [6, 6.07) is 14.4. The van der Waals surface area contributed by atoms with Gasteiger partial charge in [0.2, 0.25) is 0 Å². The molecule has 0 radical (unpaired) electrons. The maximum atomic E-state index is 11.8. The Kier molecular flexibility index (Phi) is 5.58. The smallest absolute Gasteiger partial charge is 0.378 e. The maximum absolute atomic E-state index is 11.8. The minimum absolute atomic E-state index is 0.235. The first kappa shape index (κ1) is 19.3. The minimum Gasteiger partial charge on any atom is -0.507 e. The molecule has 0 bridgehead atoms. The second kappa shape index (κ2) is 8.08. The van der Waals surface area contributed by atoms with Gasteiger partial charge in [0.05, 0.1) is 7.11 Å². The summed E-state index contributed by atoms with van der Waals surface area (Å²) in [5.74, 6) is -2.51. The average Bonchev–Trinajstić information content (AvgIpc) is 3.05. The van der Waals surface area contributed by atoms with Gasteiger partial charge in [0.25, 0.3) is 5.78 Å². The van der Waals surface area contributed by atoms with E-state index in [-0.39, 0.29) is 11.1 Å². The summed E-state index contributed by atoms with van der Waals surface area (Å²) in [4.78, 5) is 23.1. The third-order valence-electron chi connectivity index (χ3n) is 4.33. The Morgan fingerprint density at radius 3 is 2.50 bits per heavy atom. The molecule has 144 valence electrons. The zero-order valence-corrected chi connectivity index (χ0v) is 15.1. The molecule has 3 aromatic rings. The molecule has 28 heavy (non-hydrogen) atoms. The molecular weight excluding hydrogens is 362 g/mol. The Balaban J connectivity index is 2.12. The lowest BCUT2D eigenvalue weighted by atomic mass is 10.1. The summed E-state index contributed by atoms with van der Waals surface area (Å²) in [6.07, 6.45) is 0.745. The molecule has 0 aliphatic carbocycles. The molecule has 2 aromatic carbocycles. The van der Waals surface area contributed by atoms with E-state index in [1.807, 2.05) is 34.9 Å². The first-order chi connectivity index (χ1) is 13.4. The standard InChI is InChI=1S/C21H19NO6/c1-28-21(27)19(24)10-18(23)16-12-22(11-13-5-3-2-4-6-13)17-8-7-14(20(25)26)9-15(16)17/h2-10,12,20,23,25-26H,11H2,1H3/b18-10-. The van der Waals surface area contributed by atoms with Crippen LogP contribution in [-0.2, 0) is 20.9 Å². The van der Waals surface area contributed by atoms with Crippen LogP contribution in [0.1, 0.15) is 23.0 Å². The van der Waals surface area contributed by atoms with E-state index in [1.54, 1.807) is 18.3 Å². The number of rotatable bonds is 6. The second-order valence-corrected chi connectivity index (χ2v) is 6.19. The first-order valence-corrected chi connectivity index (χ1v) is 8.47. The first-order valence-electron chi connectivity index (χ1n) is 8.47. The van der Waals surface area contributed by atoms with Gasteiger partial charge >= 0.3 is 5.97 Å². The van der Waals surface area contributed by atoms with Crippen LogP contribution in [0.15, 0.2) is 60.8 Å². The monoisotopic (exact) mass is 381 g/mol. The number of carbonyl (C=O) groups is 2. The number of benzene rings is 2. The van der Waals surface area contributed by atoms with Gasteiger partial charge in [-0.25, -0.2) is 4.79 Å². The van der Waals surface area contributed by atoms with Crippen molar-refractivity contribution in [3.63, 3.8) is 0 Å². The topological polar surface area (TPSA) is 109 Å². The summed E-state index contributed by atoms with van der Waals surface area (Å²) in [5.41, 5.74) is 2.25. The van der Waals surface area contributed by atoms with E-state index in [2.05, 4.69) is 4.74 Å². The van der Waals surface area contributed by atoms with Gasteiger partial charge in [0.1, 0.15) is 5.76 Å². The zero-order valence-electron chi connectivity index (χ0n) is 15.1. The van der Waals surface area contributed by atoms with Crippen LogP contribution in [0.2, 0.25) is 0 Å². The number of aliphatic hydroxyl groups is 3. The van der Waals surface area contributed by atoms with E-state index in [9.17, 15) is 24.9 Å². The number of nitrogens with zero attached hydrogens (tertiary/aromatic N) is 1. The molecule has 0 amide bonds. The number of methoxy groups -OCH3 is 1. The Hall–Kier alpha value is -3.42. The number of fused-ring (bicyclic) bond motifs is 1. The molecule has 0 aliphatic heterocycles. The summed E-state index contributed by atoms with van der Waals surface area (Å²) >= 11 is 0. The van der Waals surface area contributed by atoms with Crippen LogP contribution in [-0.4, -0.2) is 38.7 Å². The zero-order chi connectivity index (χ0) is 20.3. The molecule has 0 fully saturated rings. The van der Waals surface area contributed by atoms with Crippen molar-refractivity contribution in [2.75, 3.05) is 7.11 Å². The van der Waals surface area contributed by atoms with Crippen LogP contribution < -0.4 is 0 Å². The molecular formula is C21H19NO6. The fourth-order valence-corrected chi connectivity index (χ4v) is 2.95. The average molecular weight is 381 g/mol. The Labute approximate surface area is 160 Å². The lowest BCUT2D eigenvalue weighted by Crippen LogP contribution is -2.13. The normalized spacial score (nSPS) is 11.8. The molecule has 1 heterocycles. The van der Waals surface area contributed by atoms with Crippen LogP contribution in [0.25, 0.3) is 16.7 Å². The summed E-state index contributed by atoms with van der Waals surface area (Å²) in [7, 11) is 1.08. The van der Waals surface area contributed by atoms with Crippen molar-refractivity contribution in [1.29, 1.82) is 0 Å². The Morgan fingerprint density at radius 1 is 1.14 bits per heavy atom. The van der Waals surface area contributed by atoms with Crippen molar-refractivity contribution in [2.45, 2.75) is 12.8 Å². The third-order valence-corrected chi connectivity index (χ3v) is 4.33. The minimum atomic E-state index is -1.68. The fraction of sp³-hybridized carbons (Fsp3) is 0.143. The van der Waals surface area contributed by atoms with Gasteiger partial charge in [0.15, 0.2) is 6.29 Å². The Morgan fingerprint density at radius 2 is 1.86 bits per heavy atom. The SMILES string of the molecule is COC(=O)C(=O)/C=C(\O)c1cn(Cc2ccccc2)c2ccc(C(O)O)cc12. The van der Waals surface area contributed by atoms with Crippen molar-refractivity contribution in [1.82, 2.24) is 4.57 Å². The van der Waals surface area contributed by atoms with Gasteiger partial charge in [-0.15, -0.1) is 0 Å². The van der Waals surface area contributed by atoms with Crippen molar-refractivity contribution in [3.05, 3.63) is 77.5 Å². The molecule has 0 saturated carbocycles. The largest absolute Gasteiger partial charge is 0.507 e. The molecule has 3 N–H and O–H groups in total. The lowest BCUT2D eigenvalue weighted by Gasteiger charge is -2.07. The quantitative estimate of drug-likeness (QED) is 0.199. The molecule has 7 heteroatoms. The van der Waals surface area contributed by atoms with Crippen LogP contribution >= 0.6 is 0 Å². The number of ketones is 1. The van der Waals surface area contributed by atoms with Crippen LogP contribution in [0.5, 0.6) is 0 Å². The maximum Gasteiger partial charge on any atom is 0.378 e. The van der Waals surface area contributed by atoms with Gasteiger partial charge in [0, 0.05) is 40.8 Å². The van der Waals surface area contributed by atoms with Crippen LogP contribution in [0.3, 0.4) is 0 Å². The predicted octanol–water partition coefficient (Wildman–Crippen LogP) is 2.31. The Bertz CT molecular complexity index is 1050. The highest BCUT2D eigenvalue weighted by Gasteiger charge is 2.18. The predicted molar refractivity (Wildman–Crippen MR) is 102 cm³/mol. The van der Waals surface area contributed by atoms with E-state index in [1.165, 1.54) is 6.07 Å². The summed E-state index contributed by atoms with van der Waals surface area (Å²) in [6.45, 7) is 0.497. The van der Waals surface area contributed by atoms with E-state index >= 15 is 0 Å². The van der Waals surface area contributed by atoms with E-state index < -0.39 is 23.8 Å². The van der Waals surface area contributed by atoms with E-state index in [0.29, 0.717) is 17.4 Å². The molecule has 0 unspecified atom stereocenters. The number of aromatic nitrogens is 1. The molecule has 0 aliphatic rings. The molecule has 0 atom stereocenters. The molecule has 0 spiro atoms. The molecule has 7 nitrogen and oxygen atoms in total. The van der Waals surface area contributed by atoms with Crippen molar-refractivity contribution >= 4 is 28.4 Å². The second-order valence-electron chi connectivity index (χ2n) is 6.19. The third kappa shape index (κ3) is 3.95. The van der Waals surface area contributed by atoms with Gasteiger partial charge in [-0.1, -0.05) is 36.4 Å². The van der Waals surface area contributed by atoms with Crippen LogP contribution in [0.4, 0.5) is 0 Å². The fourth-order valence-electron chi connectivity index (χ4n) is 2.95. The number of ether oxygens (including phenoxy) is 1. The summed E-state index contributed by atoms with van der Waals surface area (Å²) in [5, 5.41) is 29.9. The van der Waals surface area contributed by atoms with E-state index in [0.717, 1.165) is 18.7 Å². The number of hydrogen-bond acceptors (Lipinski definition) is 6. The van der Waals surface area contributed by atoms with Gasteiger partial charge in [-0.2, -0.15) is 0 Å². The molecule has 0 saturated heterocycles. The van der Waals surface area contributed by atoms with Crippen molar-refractivity contribution in [2.24, 2.45) is 0 Å². The van der Waals surface area contributed by atoms with Gasteiger partial charge in [-0.05, 0) is 17.7 Å². The van der Waals surface area contributed by atoms with Crippen molar-refractivity contribution in [3.8, 4) is 0 Å². The number of esters is 1. The highest BCUT2D eigenvalue weighted by atomic mass is 16.5. The highest BCUT2D eigenvalue weighted by molar-refractivity contribution is 6.39. The number of hydrogen-bond donors (Lipinski definition) is 3. The summed E-state index contributed by atoms with van der Waals surface area (Å²) < 4.78 is 6.22. The van der Waals surface area contributed by atoms with Crippen LogP contribution in [0, 0.1) is 0 Å². The number of carbonyl (C=O) groups excluding carboxylic acids is 2. The van der Waals surface area contributed by atoms with Crippen molar-refractivity contribution < 1.29 is 29.6 Å². The lowest BCUT2D eigenvalue weighted by molar-refractivity contribution is -0.149. The van der Waals surface area contributed by atoms with Gasteiger partial charge < -0.3 is 24.6 Å². The highest BCUT2D eigenvalue weighted by Crippen LogP contribution is 2.29. The van der Waals surface area contributed by atoms with Gasteiger partial charge in [-0.3, -0.25) is 4.79 Å².